The molecule has 1 heterocycles. The number of benzene rings is 1. The molecule has 1 aliphatic carbocycles. The van der Waals surface area contributed by atoms with Gasteiger partial charge in [-0.05, 0) is 30.9 Å². The van der Waals surface area contributed by atoms with Crippen molar-refractivity contribution in [2.24, 2.45) is 5.92 Å². The van der Waals surface area contributed by atoms with Crippen molar-refractivity contribution in [3.8, 4) is 5.75 Å². The molecule has 1 aliphatic rings. The van der Waals surface area contributed by atoms with Gasteiger partial charge >= 0.3 is 0 Å². The zero-order valence-corrected chi connectivity index (χ0v) is 8.73. The Kier molecular flexibility index (Phi) is 1.91. The fourth-order valence-corrected chi connectivity index (χ4v) is 2.14. The van der Waals surface area contributed by atoms with E-state index in [1.807, 2.05) is 18.2 Å². The first-order chi connectivity index (χ1) is 7.33. The van der Waals surface area contributed by atoms with Gasteiger partial charge in [0.25, 0.3) is 0 Å². The molecule has 0 atom stereocenters. The molecule has 3 nitrogen and oxygen atoms in total. The van der Waals surface area contributed by atoms with Crippen LogP contribution in [0.3, 0.4) is 0 Å². The van der Waals surface area contributed by atoms with Gasteiger partial charge in [-0.3, -0.25) is 0 Å². The molecular formula is C12H14N2O. The smallest absolute Gasteiger partial charge is 0.147 e. The second-order valence-corrected chi connectivity index (χ2v) is 4.37. The van der Waals surface area contributed by atoms with E-state index in [4.69, 9.17) is 4.74 Å². The molecule has 1 saturated carbocycles. The minimum absolute atomic E-state index is 0.391. The van der Waals surface area contributed by atoms with Gasteiger partial charge in [0.2, 0.25) is 0 Å². The van der Waals surface area contributed by atoms with Gasteiger partial charge in [-0.1, -0.05) is 13.0 Å². The van der Waals surface area contributed by atoms with Crippen LogP contribution in [0.5, 0.6) is 5.75 Å². The van der Waals surface area contributed by atoms with Crippen LogP contribution in [-0.2, 0) is 0 Å². The van der Waals surface area contributed by atoms with Gasteiger partial charge in [-0.25, -0.2) is 4.98 Å². The standard InChI is InChI=1S/C12H14N2O/c1-8-5-9(6-8)15-11-4-2-3-10-12(11)14-7-13-10/h2-4,7-9H,5-6H2,1H3,(H,13,14). The molecule has 0 spiro atoms. The number of aromatic nitrogens is 2. The van der Waals surface area contributed by atoms with E-state index in [1.165, 1.54) is 12.8 Å². The van der Waals surface area contributed by atoms with E-state index in [2.05, 4.69) is 16.9 Å². The average Bonchev–Trinajstić information content (AvgIpc) is 2.64. The van der Waals surface area contributed by atoms with Gasteiger partial charge < -0.3 is 9.72 Å². The van der Waals surface area contributed by atoms with Gasteiger partial charge in [0.05, 0.1) is 17.9 Å². The lowest BCUT2D eigenvalue weighted by atomic mass is 9.84. The number of H-pyrrole nitrogens is 1. The van der Waals surface area contributed by atoms with E-state index in [1.54, 1.807) is 6.33 Å². The first-order valence-electron chi connectivity index (χ1n) is 5.41. The molecule has 2 aromatic rings. The van der Waals surface area contributed by atoms with Gasteiger partial charge in [0, 0.05) is 0 Å². The van der Waals surface area contributed by atoms with Gasteiger partial charge in [0.1, 0.15) is 11.3 Å². The third kappa shape index (κ3) is 1.48. The summed E-state index contributed by atoms with van der Waals surface area (Å²) in [6, 6.07) is 6.00. The summed E-state index contributed by atoms with van der Waals surface area (Å²) in [5.41, 5.74) is 1.98. The molecule has 3 heteroatoms. The summed E-state index contributed by atoms with van der Waals surface area (Å²) in [5.74, 6) is 1.72. The summed E-state index contributed by atoms with van der Waals surface area (Å²) < 4.78 is 5.91. The van der Waals surface area contributed by atoms with Crippen LogP contribution >= 0.6 is 0 Å². The van der Waals surface area contributed by atoms with E-state index < -0.39 is 0 Å². The van der Waals surface area contributed by atoms with Crippen LogP contribution in [0.2, 0.25) is 0 Å². The van der Waals surface area contributed by atoms with Crippen molar-refractivity contribution in [2.45, 2.75) is 25.9 Å². The maximum atomic E-state index is 5.91. The summed E-state index contributed by atoms with van der Waals surface area (Å²) >= 11 is 0. The highest BCUT2D eigenvalue weighted by Gasteiger charge is 2.27. The number of ether oxygens (including phenoxy) is 1. The fourth-order valence-electron chi connectivity index (χ4n) is 2.14. The molecule has 1 aromatic carbocycles. The van der Waals surface area contributed by atoms with Crippen molar-refractivity contribution < 1.29 is 4.74 Å². The largest absolute Gasteiger partial charge is 0.488 e. The number of imidazole rings is 1. The zero-order chi connectivity index (χ0) is 10.3. The fraction of sp³-hybridized carbons (Fsp3) is 0.417. The summed E-state index contributed by atoms with van der Waals surface area (Å²) in [4.78, 5) is 7.36. The van der Waals surface area contributed by atoms with Crippen molar-refractivity contribution in [1.82, 2.24) is 9.97 Å². The molecule has 0 bridgehead atoms. The van der Waals surface area contributed by atoms with Crippen molar-refractivity contribution in [3.63, 3.8) is 0 Å². The molecule has 0 radical (unpaired) electrons. The second kappa shape index (κ2) is 3.26. The van der Waals surface area contributed by atoms with Crippen LogP contribution < -0.4 is 4.74 Å². The Morgan fingerprint density at radius 2 is 2.27 bits per heavy atom. The first kappa shape index (κ1) is 8.77. The molecule has 1 aromatic heterocycles. The summed E-state index contributed by atoms with van der Waals surface area (Å²) in [5, 5.41) is 0. The predicted octanol–water partition coefficient (Wildman–Crippen LogP) is 2.74. The van der Waals surface area contributed by atoms with E-state index >= 15 is 0 Å². The maximum Gasteiger partial charge on any atom is 0.147 e. The van der Waals surface area contributed by atoms with Crippen molar-refractivity contribution in [2.75, 3.05) is 0 Å². The van der Waals surface area contributed by atoms with E-state index in [0.717, 1.165) is 22.7 Å². The van der Waals surface area contributed by atoms with E-state index in [0.29, 0.717) is 6.10 Å². The molecule has 3 rings (SSSR count). The van der Waals surface area contributed by atoms with Gasteiger partial charge in [-0.15, -0.1) is 0 Å². The van der Waals surface area contributed by atoms with Crippen LogP contribution in [0.4, 0.5) is 0 Å². The normalized spacial score (nSPS) is 25.1. The summed E-state index contributed by atoms with van der Waals surface area (Å²) in [6.45, 7) is 2.26. The van der Waals surface area contributed by atoms with Crippen molar-refractivity contribution >= 4 is 11.0 Å². The Hall–Kier alpha value is -1.51. The number of hydrogen-bond acceptors (Lipinski definition) is 2. The highest BCUT2D eigenvalue weighted by Crippen LogP contribution is 2.32. The summed E-state index contributed by atoms with van der Waals surface area (Å²) in [7, 11) is 0. The number of hydrogen-bond donors (Lipinski definition) is 1. The van der Waals surface area contributed by atoms with Crippen LogP contribution in [0, 0.1) is 5.92 Å². The Morgan fingerprint density at radius 1 is 1.40 bits per heavy atom. The number of aromatic amines is 1. The zero-order valence-electron chi connectivity index (χ0n) is 8.73. The van der Waals surface area contributed by atoms with Crippen molar-refractivity contribution in [3.05, 3.63) is 24.5 Å². The third-order valence-corrected chi connectivity index (χ3v) is 3.04. The van der Waals surface area contributed by atoms with Crippen LogP contribution in [0.1, 0.15) is 19.8 Å². The number of nitrogens with zero attached hydrogens (tertiary/aromatic N) is 1. The number of fused-ring (bicyclic) bond motifs is 1. The molecule has 15 heavy (non-hydrogen) atoms. The molecule has 0 unspecified atom stereocenters. The lowest BCUT2D eigenvalue weighted by Gasteiger charge is -2.32. The first-order valence-corrected chi connectivity index (χ1v) is 5.41. The summed E-state index contributed by atoms with van der Waals surface area (Å²) in [6.07, 6.45) is 4.44. The quantitative estimate of drug-likeness (QED) is 0.813. The number of nitrogens with one attached hydrogen (secondary N) is 1. The van der Waals surface area contributed by atoms with E-state index in [9.17, 15) is 0 Å². The Morgan fingerprint density at radius 3 is 3.07 bits per heavy atom. The molecule has 0 aliphatic heterocycles. The molecule has 78 valence electrons. The van der Waals surface area contributed by atoms with Crippen LogP contribution in [0.15, 0.2) is 24.5 Å². The topological polar surface area (TPSA) is 37.9 Å². The monoisotopic (exact) mass is 202 g/mol. The average molecular weight is 202 g/mol. The number of para-hydroxylation sites is 1. The SMILES string of the molecule is CC1CC(Oc2cccc3[nH]cnc23)C1. The van der Waals surface area contributed by atoms with Gasteiger partial charge in [0.15, 0.2) is 0 Å². The van der Waals surface area contributed by atoms with Crippen molar-refractivity contribution in [1.29, 1.82) is 0 Å². The predicted molar refractivity (Wildman–Crippen MR) is 58.9 cm³/mol. The Balaban J connectivity index is 1.87. The molecule has 1 fully saturated rings. The molecule has 1 N–H and O–H groups in total. The Bertz CT molecular complexity index is 471. The number of rotatable bonds is 2. The van der Waals surface area contributed by atoms with E-state index in [-0.39, 0.29) is 0 Å². The minimum atomic E-state index is 0.391. The van der Waals surface area contributed by atoms with Gasteiger partial charge in [-0.2, -0.15) is 0 Å². The lowest BCUT2D eigenvalue weighted by Crippen LogP contribution is -2.31. The van der Waals surface area contributed by atoms with Crippen LogP contribution in [-0.4, -0.2) is 16.1 Å². The Labute approximate surface area is 88.5 Å². The molecular weight excluding hydrogens is 188 g/mol. The highest BCUT2D eigenvalue weighted by atomic mass is 16.5. The highest BCUT2D eigenvalue weighted by molar-refractivity contribution is 5.81. The third-order valence-electron chi connectivity index (χ3n) is 3.04. The lowest BCUT2D eigenvalue weighted by molar-refractivity contribution is 0.0751. The maximum absolute atomic E-state index is 5.91. The molecule has 0 saturated heterocycles. The second-order valence-electron chi connectivity index (χ2n) is 4.37. The molecule has 0 amide bonds. The minimum Gasteiger partial charge on any atom is -0.488 e. The van der Waals surface area contributed by atoms with Crippen LogP contribution in [0.25, 0.3) is 11.0 Å².